The quantitative estimate of drug-likeness (QED) is 0.786. The van der Waals surface area contributed by atoms with Gasteiger partial charge in [0.05, 0.1) is 11.7 Å². The van der Waals surface area contributed by atoms with Gasteiger partial charge in [0.25, 0.3) is 0 Å². The number of hydrogen-bond acceptors (Lipinski definition) is 3. The summed E-state index contributed by atoms with van der Waals surface area (Å²) in [6, 6.07) is 3.08. The molecule has 2 atom stereocenters. The lowest BCUT2D eigenvalue weighted by Gasteiger charge is -2.23. The molecular formula is C13H19NO3. The number of carboxylic acid groups (broad SMARTS) is 1. The highest BCUT2D eigenvalue weighted by Gasteiger charge is 2.17. The van der Waals surface area contributed by atoms with E-state index in [9.17, 15) is 9.90 Å². The van der Waals surface area contributed by atoms with Crippen LogP contribution < -0.4 is 0 Å². The van der Waals surface area contributed by atoms with E-state index in [0.717, 1.165) is 6.42 Å². The van der Waals surface area contributed by atoms with Crippen LogP contribution in [-0.4, -0.2) is 27.3 Å². The number of rotatable bonds is 1. The van der Waals surface area contributed by atoms with Crippen molar-refractivity contribution in [3.8, 4) is 0 Å². The molecule has 4 heteroatoms. The molecule has 0 amide bonds. The van der Waals surface area contributed by atoms with Crippen LogP contribution in [0.5, 0.6) is 0 Å². The first-order chi connectivity index (χ1) is 8.11. The van der Waals surface area contributed by atoms with Crippen LogP contribution in [0.1, 0.15) is 43.0 Å². The number of nitrogens with zero attached hydrogens (tertiary/aromatic N) is 1. The van der Waals surface area contributed by atoms with Crippen LogP contribution in [0.2, 0.25) is 0 Å². The van der Waals surface area contributed by atoms with E-state index in [2.05, 4.69) is 11.9 Å². The zero-order valence-corrected chi connectivity index (χ0v) is 10.0. The van der Waals surface area contributed by atoms with E-state index >= 15 is 0 Å². The lowest BCUT2D eigenvalue weighted by atomic mass is 9.88. The second kappa shape index (κ2) is 7.01. The first-order valence-electron chi connectivity index (χ1n) is 5.92. The van der Waals surface area contributed by atoms with E-state index in [4.69, 9.17) is 5.11 Å². The average molecular weight is 237 g/mol. The highest BCUT2D eigenvalue weighted by atomic mass is 16.4. The summed E-state index contributed by atoms with van der Waals surface area (Å²) in [6.45, 7) is 2.13. The van der Waals surface area contributed by atoms with Gasteiger partial charge in [0.1, 0.15) is 0 Å². The van der Waals surface area contributed by atoms with Crippen molar-refractivity contribution in [2.45, 2.75) is 38.7 Å². The van der Waals surface area contributed by atoms with Gasteiger partial charge in [-0.2, -0.15) is 0 Å². The standard InChI is InChI=1S/C7H14O.C6H5NO2/c1-6-4-2-3-5-7(6)8;8-6(9)5-2-1-3-7-4-5/h6-8H,2-5H2,1H3;1-4H,(H,8,9). The molecule has 0 aromatic carbocycles. The number of aromatic nitrogens is 1. The van der Waals surface area contributed by atoms with Crippen molar-refractivity contribution in [2.24, 2.45) is 5.92 Å². The maximum Gasteiger partial charge on any atom is 0.337 e. The first-order valence-corrected chi connectivity index (χ1v) is 5.92. The number of aliphatic hydroxyl groups is 1. The fourth-order valence-corrected chi connectivity index (χ4v) is 1.79. The van der Waals surface area contributed by atoms with Crippen molar-refractivity contribution >= 4 is 5.97 Å². The molecule has 94 valence electrons. The number of pyridine rings is 1. The minimum absolute atomic E-state index is 0.00347. The fraction of sp³-hybridized carbons (Fsp3) is 0.538. The molecule has 17 heavy (non-hydrogen) atoms. The summed E-state index contributed by atoms with van der Waals surface area (Å²) >= 11 is 0. The van der Waals surface area contributed by atoms with Gasteiger partial charge in [0, 0.05) is 12.4 Å². The van der Waals surface area contributed by atoms with Crippen molar-refractivity contribution < 1.29 is 15.0 Å². The Morgan fingerprint density at radius 2 is 2.12 bits per heavy atom. The van der Waals surface area contributed by atoms with Crippen LogP contribution in [-0.2, 0) is 0 Å². The van der Waals surface area contributed by atoms with Crippen LogP contribution in [0.3, 0.4) is 0 Å². The number of carboxylic acids is 1. The molecule has 2 N–H and O–H groups in total. The second-order valence-corrected chi connectivity index (χ2v) is 4.38. The van der Waals surface area contributed by atoms with E-state index in [1.54, 1.807) is 6.07 Å². The molecule has 1 aliphatic carbocycles. The van der Waals surface area contributed by atoms with Crippen molar-refractivity contribution in [3.05, 3.63) is 30.1 Å². The van der Waals surface area contributed by atoms with Crippen LogP contribution in [0.15, 0.2) is 24.5 Å². The molecule has 2 unspecified atom stereocenters. The first kappa shape index (κ1) is 13.6. The van der Waals surface area contributed by atoms with Gasteiger partial charge in [-0.25, -0.2) is 4.79 Å². The third-order valence-corrected chi connectivity index (χ3v) is 2.97. The molecule has 0 aliphatic heterocycles. The lowest BCUT2D eigenvalue weighted by molar-refractivity contribution is 0.0696. The van der Waals surface area contributed by atoms with Gasteiger partial charge in [-0.05, 0) is 30.9 Å². The molecule has 2 rings (SSSR count). The van der Waals surface area contributed by atoms with Gasteiger partial charge >= 0.3 is 5.97 Å². The van der Waals surface area contributed by atoms with Crippen molar-refractivity contribution in [1.29, 1.82) is 0 Å². The van der Waals surface area contributed by atoms with Crippen molar-refractivity contribution in [1.82, 2.24) is 4.98 Å². The molecule has 1 heterocycles. The number of hydrogen-bond donors (Lipinski definition) is 2. The highest BCUT2D eigenvalue weighted by molar-refractivity contribution is 5.86. The van der Waals surface area contributed by atoms with E-state index in [1.807, 2.05) is 0 Å². The molecule has 0 spiro atoms. The second-order valence-electron chi connectivity index (χ2n) is 4.38. The monoisotopic (exact) mass is 237 g/mol. The maximum atomic E-state index is 10.2. The van der Waals surface area contributed by atoms with Crippen molar-refractivity contribution in [2.75, 3.05) is 0 Å². The van der Waals surface area contributed by atoms with Crippen molar-refractivity contribution in [3.63, 3.8) is 0 Å². The van der Waals surface area contributed by atoms with Crippen LogP contribution in [0, 0.1) is 5.92 Å². The third kappa shape index (κ3) is 4.95. The fourth-order valence-electron chi connectivity index (χ4n) is 1.79. The van der Waals surface area contributed by atoms with E-state index in [0.29, 0.717) is 5.92 Å². The molecule has 4 nitrogen and oxygen atoms in total. The number of aliphatic hydroxyl groups excluding tert-OH is 1. The summed E-state index contributed by atoms with van der Waals surface area (Å²) in [5, 5.41) is 17.5. The van der Waals surface area contributed by atoms with Gasteiger partial charge in [0.15, 0.2) is 0 Å². The Morgan fingerprint density at radius 3 is 2.47 bits per heavy atom. The Labute approximate surface area is 101 Å². The number of carbonyl (C=O) groups is 1. The Balaban J connectivity index is 0.000000171. The van der Waals surface area contributed by atoms with E-state index in [1.165, 1.54) is 37.7 Å². The smallest absolute Gasteiger partial charge is 0.337 e. The molecule has 1 fully saturated rings. The van der Waals surface area contributed by atoms with E-state index < -0.39 is 5.97 Å². The molecule has 1 saturated carbocycles. The Hall–Kier alpha value is -1.42. The molecule has 0 radical (unpaired) electrons. The molecule has 0 saturated heterocycles. The normalized spacial score (nSPS) is 23.4. The van der Waals surface area contributed by atoms with Crippen LogP contribution in [0.4, 0.5) is 0 Å². The molecule has 0 bridgehead atoms. The zero-order valence-electron chi connectivity index (χ0n) is 10.0. The molecule has 1 aromatic rings. The van der Waals surface area contributed by atoms with Gasteiger partial charge in [-0.3, -0.25) is 4.98 Å². The summed E-state index contributed by atoms with van der Waals surface area (Å²) in [5.74, 6) is -0.383. The Bertz CT molecular complexity index is 330. The van der Waals surface area contributed by atoms with Crippen LogP contribution >= 0.6 is 0 Å². The lowest BCUT2D eigenvalue weighted by Crippen LogP contribution is -2.21. The minimum Gasteiger partial charge on any atom is -0.478 e. The predicted molar refractivity (Wildman–Crippen MR) is 64.8 cm³/mol. The van der Waals surface area contributed by atoms with Gasteiger partial charge in [-0.1, -0.05) is 19.8 Å². The summed E-state index contributed by atoms with van der Waals surface area (Å²) in [7, 11) is 0. The summed E-state index contributed by atoms with van der Waals surface area (Å²) in [4.78, 5) is 13.8. The molecule has 1 aromatic heterocycles. The topological polar surface area (TPSA) is 70.4 Å². The van der Waals surface area contributed by atoms with Gasteiger partial charge in [0.2, 0.25) is 0 Å². The molecular weight excluding hydrogens is 218 g/mol. The predicted octanol–water partition coefficient (Wildman–Crippen LogP) is 2.34. The Kier molecular flexibility index (Phi) is 5.63. The third-order valence-electron chi connectivity index (χ3n) is 2.97. The van der Waals surface area contributed by atoms with Crippen LogP contribution in [0.25, 0.3) is 0 Å². The highest BCUT2D eigenvalue weighted by Crippen LogP contribution is 2.22. The summed E-state index contributed by atoms with van der Waals surface area (Å²) < 4.78 is 0. The van der Waals surface area contributed by atoms with Gasteiger partial charge < -0.3 is 10.2 Å². The minimum atomic E-state index is -0.942. The van der Waals surface area contributed by atoms with Gasteiger partial charge in [-0.15, -0.1) is 0 Å². The maximum absolute atomic E-state index is 10.2. The zero-order chi connectivity index (χ0) is 12.7. The largest absolute Gasteiger partial charge is 0.478 e. The number of aromatic carboxylic acids is 1. The van der Waals surface area contributed by atoms with E-state index in [-0.39, 0.29) is 11.7 Å². The average Bonchev–Trinajstić information content (AvgIpc) is 2.35. The SMILES string of the molecule is CC1CCCCC1O.O=C(O)c1cccnc1. The summed E-state index contributed by atoms with van der Waals surface area (Å²) in [6.07, 6.45) is 7.64. The molecule has 1 aliphatic rings. The Morgan fingerprint density at radius 1 is 1.41 bits per heavy atom. The summed E-state index contributed by atoms with van der Waals surface area (Å²) in [5.41, 5.74) is 0.220.